The molecule has 4 aliphatic rings. The average molecular weight is 295 g/mol. The number of methoxy groups -OCH3 is 1. The van der Waals surface area contributed by atoms with Gasteiger partial charge in [0.1, 0.15) is 0 Å². The van der Waals surface area contributed by atoms with Crippen LogP contribution in [-0.2, 0) is 4.74 Å². The lowest BCUT2D eigenvalue weighted by Crippen LogP contribution is -2.63. The molecule has 4 fully saturated rings. The van der Waals surface area contributed by atoms with Crippen LogP contribution in [0.5, 0.6) is 0 Å². The van der Waals surface area contributed by atoms with Gasteiger partial charge in [-0.2, -0.15) is 0 Å². The minimum Gasteiger partial charge on any atom is -0.384 e. The van der Waals surface area contributed by atoms with Crippen molar-refractivity contribution in [3.8, 4) is 0 Å². The number of hydrogen-bond acceptors (Lipinski definition) is 4. The molecule has 4 saturated heterocycles. The van der Waals surface area contributed by atoms with Crippen molar-refractivity contribution < 1.29 is 4.74 Å². The molecule has 0 aromatic heterocycles. The van der Waals surface area contributed by atoms with E-state index in [0.29, 0.717) is 12.0 Å². The maximum absolute atomic E-state index is 5.28. The fourth-order valence-corrected chi connectivity index (χ4v) is 3.86. The van der Waals surface area contributed by atoms with E-state index in [4.69, 9.17) is 4.74 Å². The fourth-order valence-electron chi connectivity index (χ4n) is 3.86. The van der Waals surface area contributed by atoms with Gasteiger partial charge in [-0.05, 0) is 6.42 Å². The standard InChI is InChI=1S/C15H29N5O/c1-16-15(20-4-3-13(10-20)12-21-2)17-9-14-11-18-5-7-19(14)8-6-18/h13-14H,3-12H2,1-2H3,(H,16,17). The van der Waals surface area contributed by atoms with Gasteiger partial charge in [0.15, 0.2) is 5.96 Å². The van der Waals surface area contributed by atoms with Gasteiger partial charge < -0.3 is 15.0 Å². The molecule has 2 unspecified atom stereocenters. The first-order valence-electron chi connectivity index (χ1n) is 8.21. The number of nitrogens with one attached hydrogen (secondary N) is 1. The Morgan fingerprint density at radius 1 is 1.19 bits per heavy atom. The molecule has 6 nitrogen and oxygen atoms in total. The Bertz CT molecular complexity index is 367. The number of hydrogen-bond donors (Lipinski definition) is 1. The van der Waals surface area contributed by atoms with Gasteiger partial charge in [-0.15, -0.1) is 0 Å². The number of likely N-dealkylation sites (tertiary alicyclic amines) is 1. The predicted molar refractivity (Wildman–Crippen MR) is 84.7 cm³/mol. The molecule has 0 aliphatic carbocycles. The summed E-state index contributed by atoms with van der Waals surface area (Å²) >= 11 is 0. The van der Waals surface area contributed by atoms with Crippen molar-refractivity contribution in [2.24, 2.45) is 10.9 Å². The molecule has 6 heteroatoms. The van der Waals surface area contributed by atoms with Crippen LogP contribution in [0.1, 0.15) is 6.42 Å². The van der Waals surface area contributed by atoms with E-state index in [1.54, 1.807) is 7.11 Å². The Kier molecular flexibility index (Phi) is 4.98. The van der Waals surface area contributed by atoms with Crippen LogP contribution in [-0.4, -0.2) is 99.8 Å². The molecule has 0 radical (unpaired) electrons. The number of piperazine rings is 3. The summed E-state index contributed by atoms with van der Waals surface area (Å²) in [7, 11) is 3.68. The Morgan fingerprint density at radius 2 is 2.00 bits per heavy atom. The van der Waals surface area contributed by atoms with Crippen molar-refractivity contribution in [2.45, 2.75) is 12.5 Å². The maximum Gasteiger partial charge on any atom is 0.193 e. The summed E-state index contributed by atoms with van der Waals surface area (Å²) in [6.07, 6.45) is 1.21. The largest absolute Gasteiger partial charge is 0.384 e. The smallest absolute Gasteiger partial charge is 0.193 e. The molecule has 120 valence electrons. The van der Waals surface area contributed by atoms with Gasteiger partial charge in [-0.3, -0.25) is 14.8 Å². The first kappa shape index (κ1) is 15.1. The molecular formula is C15H29N5O. The molecule has 0 saturated carbocycles. The second kappa shape index (κ2) is 6.94. The van der Waals surface area contributed by atoms with Crippen molar-refractivity contribution >= 4 is 5.96 Å². The highest BCUT2D eigenvalue weighted by atomic mass is 16.5. The Morgan fingerprint density at radius 3 is 2.62 bits per heavy atom. The number of aliphatic imine (C=N–C) groups is 1. The Hall–Kier alpha value is -0.850. The van der Waals surface area contributed by atoms with Crippen LogP contribution in [0.4, 0.5) is 0 Å². The molecule has 2 bridgehead atoms. The third kappa shape index (κ3) is 3.49. The monoisotopic (exact) mass is 295 g/mol. The zero-order chi connectivity index (χ0) is 14.7. The normalized spacial score (nSPS) is 36.3. The van der Waals surface area contributed by atoms with Gasteiger partial charge in [-0.25, -0.2) is 0 Å². The van der Waals surface area contributed by atoms with Crippen LogP contribution >= 0.6 is 0 Å². The minimum atomic E-state index is 0.640. The molecule has 0 aromatic rings. The summed E-state index contributed by atoms with van der Waals surface area (Å²) in [5.74, 6) is 1.71. The summed E-state index contributed by atoms with van der Waals surface area (Å²) < 4.78 is 5.28. The summed E-state index contributed by atoms with van der Waals surface area (Å²) in [6, 6.07) is 0.640. The van der Waals surface area contributed by atoms with Crippen molar-refractivity contribution in [2.75, 3.05) is 73.1 Å². The minimum absolute atomic E-state index is 0.640. The van der Waals surface area contributed by atoms with Crippen LogP contribution in [0.3, 0.4) is 0 Å². The van der Waals surface area contributed by atoms with Crippen LogP contribution in [0.25, 0.3) is 0 Å². The van der Waals surface area contributed by atoms with Gasteiger partial charge >= 0.3 is 0 Å². The number of fused-ring (bicyclic) bond motifs is 3. The lowest BCUT2D eigenvalue weighted by molar-refractivity contribution is 0.0152. The summed E-state index contributed by atoms with van der Waals surface area (Å²) in [5.41, 5.74) is 0. The fraction of sp³-hybridized carbons (Fsp3) is 0.933. The van der Waals surface area contributed by atoms with Gasteiger partial charge in [0.25, 0.3) is 0 Å². The highest BCUT2D eigenvalue weighted by Crippen LogP contribution is 2.17. The molecule has 0 spiro atoms. The highest BCUT2D eigenvalue weighted by Gasteiger charge is 2.32. The zero-order valence-electron chi connectivity index (χ0n) is 13.4. The van der Waals surface area contributed by atoms with Gasteiger partial charge in [0.05, 0.1) is 6.61 Å². The Labute approximate surface area is 128 Å². The first-order chi connectivity index (χ1) is 10.3. The zero-order valence-corrected chi connectivity index (χ0v) is 13.4. The van der Waals surface area contributed by atoms with Crippen LogP contribution < -0.4 is 5.32 Å². The highest BCUT2D eigenvalue weighted by molar-refractivity contribution is 5.80. The summed E-state index contributed by atoms with van der Waals surface area (Å²) in [4.78, 5) is 12.1. The maximum atomic E-state index is 5.28. The van der Waals surface area contributed by atoms with Crippen LogP contribution in [0.15, 0.2) is 4.99 Å². The van der Waals surface area contributed by atoms with Gasteiger partial charge in [-0.1, -0.05) is 0 Å². The molecular weight excluding hydrogens is 266 g/mol. The number of nitrogens with zero attached hydrogens (tertiary/aromatic N) is 4. The van der Waals surface area contributed by atoms with E-state index in [-0.39, 0.29) is 0 Å². The molecule has 2 atom stereocenters. The first-order valence-corrected chi connectivity index (χ1v) is 8.21. The number of guanidine groups is 1. The average Bonchev–Trinajstić information content (AvgIpc) is 2.98. The quantitative estimate of drug-likeness (QED) is 0.561. The molecule has 0 amide bonds. The summed E-state index contributed by atoms with van der Waals surface area (Å²) in [5, 5.41) is 3.60. The van der Waals surface area contributed by atoms with Crippen molar-refractivity contribution in [1.82, 2.24) is 20.0 Å². The van der Waals surface area contributed by atoms with Gasteiger partial charge in [0, 0.05) is 78.5 Å². The van der Waals surface area contributed by atoms with Crippen molar-refractivity contribution in [3.05, 3.63) is 0 Å². The predicted octanol–water partition coefficient (Wildman–Crippen LogP) is -0.470. The molecule has 1 N–H and O–H groups in total. The third-order valence-corrected chi connectivity index (χ3v) is 5.09. The van der Waals surface area contributed by atoms with E-state index in [9.17, 15) is 0 Å². The summed E-state index contributed by atoms with van der Waals surface area (Å²) in [6.45, 7) is 10.2. The van der Waals surface area contributed by atoms with Crippen molar-refractivity contribution in [1.29, 1.82) is 0 Å². The number of ether oxygens (including phenoxy) is 1. The topological polar surface area (TPSA) is 43.3 Å². The second-order valence-corrected chi connectivity index (χ2v) is 6.47. The van der Waals surface area contributed by atoms with E-state index < -0.39 is 0 Å². The number of rotatable bonds is 4. The molecule has 4 heterocycles. The van der Waals surface area contributed by atoms with Gasteiger partial charge in [0.2, 0.25) is 0 Å². The van der Waals surface area contributed by atoms with Crippen LogP contribution in [0.2, 0.25) is 0 Å². The molecule has 0 aromatic carbocycles. The molecule has 4 rings (SSSR count). The van der Waals surface area contributed by atoms with Crippen molar-refractivity contribution in [3.63, 3.8) is 0 Å². The van der Waals surface area contributed by atoms with E-state index in [0.717, 1.165) is 32.2 Å². The van der Waals surface area contributed by atoms with E-state index in [2.05, 4.69) is 25.0 Å². The second-order valence-electron chi connectivity index (χ2n) is 6.47. The lowest BCUT2D eigenvalue weighted by atomic mass is 10.1. The SMILES string of the molecule is CN=C(NCC1CN2CCN1CC2)N1CCC(COC)C1. The van der Waals surface area contributed by atoms with E-state index in [1.807, 2.05) is 7.05 Å². The lowest BCUT2D eigenvalue weighted by Gasteiger charge is -2.47. The van der Waals surface area contributed by atoms with E-state index >= 15 is 0 Å². The van der Waals surface area contributed by atoms with Crippen LogP contribution in [0, 0.1) is 5.92 Å². The molecule has 4 aliphatic heterocycles. The molecule has 21 heavy (non-hydrogen) atoms. The van der Waals surface area contributed by atoms with E-state index in [1.165, 1.54) is 39.1 Å². The Balaban J connectivity index is 1.47. The third-order valence-electron chi connectivity index (χ3n) is 5.09.